The van der Waals surface area contributed by atoms with Crippen LogP contribution in [0.4, 0.5) is 11.5 Å². The maximum atomic E-state index is 4.70. The fourth-order valence-electron chi connectivity index (χ4n) is 1.97. The summed E-state index contributed by atoms with van der Waals surface area (Å²) in [5.74, 6) is 0.551. The molecule has 0 aliphatic carbocycles. The predicted molar refractivity (Wildman–Crippen MR) is 70.6 cm³/mol. The van der Waals surface area contributed by atoms with Gasteiger partial charge in [-0.25, -0.2) is 9.61 Å². The fourth-order valence-corrected chi connectivity index (χ4v) is 1.97. The summed E-state index contributed by atoms with van der Waals surface area (Å²) in [5, 5.41) is 18.6. The van der Waals surface area contributed by atoms with Crippen LogP contribution in [0.3, 0.4) is 0 Å². The number of anilines is 2. The Morgan fingerprint density at radius 1 is 1.10 bits per heavy atom. The quantitative estimate of drug-likeness (QED) is 0.590. The Bertz CT molecular complexity index is 893. The Morgan fingerprint density at radius 2 is 1.95 bits per heavy atom. The van der Waals surface area contributed by atoms with Crippen LogP contribution in [-0.4, -0.2) is 29.9 Å². The maximum absolute atomic E-state index is 4.70. The summed E-state index contributed by atoms with van der Waals surface area (Å²) in [4.78, 5) is 4.35. The molecule has 4 aromatic rings. The van der Waals surface area contributed by atoms with Crippen LogP contribution in [0.15, 0.2) is 35.2 Å². The molecule has 0 bridgehead atoms. The van der Waals surface area contributed by atoms with Crippen molar-refractivity contribution in [3.8, 4) is 0 Å². The van der Waals surface area contributed by atoms with Gasteiger partial charge in [-0.3, -0.25) is 4.40 Å². The monoisotopic (exact) mass is 267 g/mol. The molecule has 3 heterocycles. The Balaban J connectivity index is 1.88. The van der Waals surface area contributed by atoms with Gasteiger partial charge in [-0.1, -0.05) is 17.7 Å². The lowest BCUT2D eigenvalue weighted by molar-refractivity contribution is 0.314. The van der Waals surface area contributed by atoms with Crippen molar-refractivity contribution in [3.05, 3.63) is 36.2 Å². The Morgan fingerprint density at radius 3 is 2.80 bits per heavy atom. The normalized spacial score (nSPS) is 11.2. The molecule has 98 valence electrons. The molecular weight excluding hydrogens is 258 g/mol. The van der Waals surface area contributed by atoms with Crippen LogP contribution in [0.5, 0.6) is 0 Å². The minimum atomic E-state index is 0.395. The lowest BCUT2D eigenvalue weighted by atomic mass is 10.2. The number of hydrogen-bond donors (Lipinski definition) is 1. The van der Waals surface area contributed by atoms with Crippen molar-refractivity contribution >= 4 is 28.4 Å². The van der Waals surface area contributed by atoms with E-state index < -0.39 is 0 Å². The van der Waals surface area contributed by atoms with E-state index in [-0.39, 0.29) is 0 Å². The molecule has 0 saturated heterocycles. The number of nitrogens with zero attached hydrogens (tertiary/aromatic N) is 6. The highest BCUT2D eigenvalue weighted by Gasteiger charge is 2.14. The van der Waals surface area contributed by atoms with E-state index in [1.165, 1.54) is 5.56 Å². The molecule has 0 fully saturated rings. The van der Waals surface area contributed by atoms with E-state index in [1.807, 2.05) is 31.2 Å². The summed E-state index contributed by atoms with van der Waals surface area (Å²) in [5.41, 5.74) is 3.54. The highest BCUT2D eigenvalue weighted by Crippen LogP contribution is 2.21. The van der Waals surface area contributed by atoms with E-state index in [4.69, 9.17) is 4.63 Å². The van der Waals surface area contributed by atoms with E-state index in [0.29, 0.717) is 22.8 Å². The number of benzene rings is 1. The van der Waals surface area contributed by atoms with Gasteiger partial charge in [0.25, 0.3) is 0 Å². The summed E-state index contributed by atoms with van der Waals surface area (Å²) >= 11 is 0. The average molecular weight is 267 g/mol. The second kappa shape index (κ2) is 3.98. The molecule has 8 heteroatoms. The molecule has 0 atom stereocenters. The molecule has 0 spiro atoms. The van der Waals surface area contributed by atoms with Gasteiger partial charge in [0.1, 0.15) is 6.33 Å². The van der Waals surface area contributed by atoms with Crippen molar-refractivity contribution in [2.75, 3.05) is 5.32 Å². The molecule has 8 nitrogen and oxygen atoms in total. The van der Waals surface area contributed by atoms with Crippen LogP contribution in [0.1, 0.15) is 5.56 Å². The largest absolute Gasteiger partial charge is 0.337 e. The van der Waals surface area contributed by atoms with Gasteiger partial charge in [0.2, 0.25) is 16.9 Å². The standard InChI is InChI=1S/C12H9N7O/c1-7-2-4-8(5-3-7)14-9-11-16-13-6-19(11)12-10(15-9)17-20-18-12/h2-6H,1H3,(H,14,15,17). The van der Waals surface area contributed by atoms with E-state index in [1.54, 1.807) is 10.7 Å². The summed E-state index contributed by atoms with van der Waals surface area (Å²) in [6, 6.07) is 7.96. The minimum Gasteiger partial charge on any atom is -0.337 e. The predicted octanol–water partition coefficient (Wildman–Crippen LogP) is 1.71. The van der Waals surface area contributed by atoms with Gasteiger partial charge >= 0.3 is 0 Å². The van der Waals surface area contributed by atoms with Crippen molar-refractivity contribution in [2.24, 2.45) is 0 Å². The van der Waals surface area contributed by atoms with Gasteiger partial charge in [-0.05, 0) is 29.4 Å². The second-order valence-electron chi connectivity index (χ2n) is 4.39. The molecule has 1 N–H and O–H groups in total. The zero-order valence-corrected chi connectivity index (χ0v) is 10.5. The van der Waals surface area contributed by atoms with Crippen LogP contribution in [0.2, 0.25) is 0 Å². The smallest absolute Gasteiger partial charge is 0.244 e. The summed E-state index contributed by atoms with van der Waals surface area (Å²) < 4.78 is 6.37. The zero-order valence-electron chi connectivity index (χ0n) is 10.5. The summed E-state index contributed by atoms with van der Waals surface area (Å²) in [6.07, 6.45) is 1.55. The summed E-state index contributed by atoms with van der Waals surface area (Å²) in [7, 11) is 0. The fraction of sp³-hybridized carbons (Fsp3) is 0.0833. The van der Waals surface area contributed by atoms with Gasteiger partial charge in [0.15, 0.2) is 5.82 Å². The molecule has 3 aromatic heterocycles. The van der Waals surface area contributed by atoms with Crippen LogP contribution < -0.4 is 5.32 Å². The van der Waals surface area contributed by atoms with Crippen LogP contribution in [0.25, 0.3) is 16.9 Å². The first-order valence-corrected chi connectivity index (χ1v) is 5.97. The second-order valence-corrected chi connectivity index (χ2v) is 4.39. The van der Waals surface area contributed by atoms with Gasteiger partial charge < -0.3 is 5.32 Å². The number of nitrogens with one attached hydrogen (secondary N) is 1. The number of aryl methyl sites for hydroxylation is 1. The highest BCUT2D eigenvalue weighted by molar-refractivity contribution is 5.78. The first-order valence-electron chi connectivity index (χ1n) is 5.97. The van der Waals surface area contributed by atoms with E-state index in [2.05, 4.69) is 30.8 Å². The van der Waals surface area contributed by atoms with Crippen molar-refractivity contribution in [3.63, 3.8) is 0 Å². The Kier molecular flexibility index (Phi) is 2.16. The molecule has 0 aliphatic heterocycles. The van der Waals surface area contributed by atoms with Gasteiger partial charge in [0.05, 0.1) is 0 Å². The van der Waals surface area contributed by atoms with E-state index >= 15 is 0 Å². The Labute approximate surface area is 112 Å². The number of rotatable bonds is 2. The third-order valence-corrected chi connectivity index (χ3v) is 2.97. The summed E-state index contributed by atoms with van der Waals surface area (Å²) in [6.45, 7) is 2.03. The Hall–Kier alpha value is -3.03. The average Bonchev–Trinajstić information content (AvgIpc) is 3.08. The number of hydrogen-bond acceptors (Lipinski definition) is 7. The van der Waals surface area contributed by atoms with Gasteiger partial charge in [-0.15, -0.1) is 10.2 Å². The van der Waals surface area contributed by atoms with Crippen molar-refractivity contribution in [2.45, 2.75) is 6.92 Å². The number of aromatic nitrogens is 6. The highest BCUT2D eigenvalue weighted by atomic mass is 16.6. The van der Waals surface area contributed by atoms with Crippen LogP contribution in [0, 0.1) is 6.92 Å². The topological polar surface area (TPSA) is 94.0 Å². The lowest BCUT2D eigenvalue weighted by Crippen LogP contribution is -1.99. The third kappa shape index (κ3) is 1.58. The lowest BCUT2D eigenvalue weighted by Gasteiger charge is -2.06. The van der Waals surface area contributed by atoms with Crippen LogP contribution >= 0.6 is 0 Å². The van der Waals surface area contributed by atoms with E-state index in [9.17, 15) is 0 Å². The third-order valence-electron chi connectivity index (χ3n) is 2.97. The van der Waals surface area contributed by atoms with Gasteiger partial charge in [-0.2, -0.15) is 0 Å². The zero-order chi connectivity index (χ0) is 13.5. The molecule has 0 aliphatic rings. The SMILES string of the molecule is Cc1ccc(Nc2nc3nonc3n3cnnc23)cc1. The molecule has 0 saturated carbocycles. The molecule has 1 aromatic carbocycles. The maximum Gasteiger partial charge on any atom is 0.244 e. The number of fused-ring (bicyclic) bond motifs is 3. The minimum absolute atomic E-state index is 0.395. The van der Waals surface area contributed by atoms with Crippen molar-refractivity contribution in [1.29, 1.82) is 0 Å². The molecule has 0 amide bonds. The molecule has 0 unspecified atom stereocenters. The molecular formula is C12H9N7O. The van der Waals surface area contributed by atoms with Crippen LogP contribution in [-0.2, 0) is 0 Å². The molecule has 4 rings (SSSR count). The first-order chi connectivity index (χ1) is 9.81. The molecule has 20 heavy (non-hydrogen) atoms. The van der Waals surface area contributed by atoms with Crippen molar-refractivity contribution in [1.82, 2.24) is 29.9 Å². The van der Waals surface area contributed by atoms with Gasteiger partial charge in [0, 0.05) is 5.69 Å². The molecule has 0 radical (unpaired) electrons. The first kappa shape index (κ1) is 10.9. The van der Waals surface area contributed by atoms with E-state index in [0.717, 1.165) is 5.69 Å². The van der Waals surface area contributed by atoms with Crippen molar-refractivity contribution < 1.29 is 4.63 Å².